The van der Waals surface area contributed by atoms with E-state index in [-0.39, 0.29) is 5.82 Å². The molecular formula is C18H10FN7O2. The number of aromatic nitrogens is 7. The van der Waals surface area contributed by atoms with E-state index in [9.17, 15) is 4.39 Å². The Labute approximate surface area is 156 Å². The Hall–Kier alpha value is -4.08. The molecule has 136 valence electrons. The molecule has 0 amide bonds. The van der Waals surface area contributed by atoms with Crippen LogP contribution in [0.4, 0.5) is 4.39 Å². The molecule has 0 bridgehead atoms. The van der Waals surface area contributed by atoms with Crippen LogP contribution in [0.3, 0.4) is 0 Å². The number of hydrogen-bond donors (Lipinski definition) is 0. The van der Waals surface area contributed by atoms with E-state index in [4.69, 9.17) is 8.94 Å². The largest absolute Gasteiger partial charge is 0.472 e. The lowest BCUT2D eigenvalue weighted by Crippen LogP contribution is -2.05. The molecule has 0 N–H and O–H groups in total. The SMILES string of the molecule is Fc1ccc2c(c1)-c1ncnn1Cc1c(-c3noc(-c4ccoc4)n3)ncn1-2. The normalized spacial score (nSPS) is 12.3. The minimum absolute atomic E-state index is 0.336. The topological polar surface area (TPSA) is 101 Å². The first-order chi connectivity index (χ1) is 13.8. The van der Waals surface area contributed by atoms with E-state index in [1.54, 1.807) is 23.1 Å². The molecule has 1 aliphatic heterocycles. The maximum absolute atomic E-state index is 13.9. The highest BCUT2D eigenvalue weighted by Crippen LogP contribution is 2.34. The van der Waals surface area contributed by atoms with Crippen LogP contribution in [0.15, 0.2) is 58.4 Å². The molecule has 0 unspecified atom stereocenters. The van der Waals surface area contributed by atoms with Crippen LogP contribution < -0.4 is 0 Å². The molecule has 6 rings (SSSR count). The van der Waals surface area contributed by atoms with E-state index in [1.807, 2.05) is 4.57 Å². The van der Waals surface area contributed by atoms with Gasteiger partial charge in [0.25, 0.3) is 5.89 Å². The van der Waals surface area contributed by atoms with Gasteiger partial charge in [-0.25, -0.2) is 19.0 Å². The van der Waals surface area contributed by atoms with Crippen LogP contribution >= 0.6 is 0 Å². The highest BCUT2D eigenvalue weighted by molar-refractivity contribution is 5.71. The fourth-order valence-corrected chi connectivity index (χ4v) is 3.37. The molecule has 4 aromatic heterocycles. The van der Waals surface area contributed by atoms with Crippen LogP contribution in [0, 0.1) is 5.82 Å². The third-order valence-electron chi connectivity index (χ3n) is 4.65. The van der Waals surface area contributed by atoms with Crippen molar-refractivity contribution in [2.24, 2.45) is 0 Å². The van der Waals surface area contributed by atoms with Gasteiger partial charge in [0.15, 0.2) is 5.82 Å². The average molecular weight is 375 g/mol. The number of halogens is 1. The second kappa shape index (κ2) is 5.46. The zero-order valence-electron chi connectivity index (χ0n) is 14.2. The van der Waals surface area contributed by atoms with E-state index >= 15 is 0 Å². The summed E-state index contributed by atoms with van der Waals surface area (Å²) in [6.07, 6.45) is 6.16. The number of imidazole rings is 1. The molecular weight excluding hydrogens is 365 g/mol. The van der Waals surface area contributed by atoms with Crippen molar-refractivity contribution in [2.45, 2.75) is 6.54 Å². The standard InChI is InChI=1S/C18H10FN7O2/c19-11-1-2-13-12(5-11)17-20-8-22-26(17)6-14-15(21-9-25(13)14)16-23-18(28-24-16)10-3-4-27-7-10/h1-5,7-9H,6H2. The summed E-state index contributed by atoms with van der Waals surface area (Å²) in [6, 6.07) is 6.27. The van der Waals surface area contributed by atoms with Crippen molar-refractivity contribution in [3.05, 3.63) is 61.0 Å². The summed E-state index contributed by atoms with van der Waals surface area (Å²) in [7, 11) is 0. The van der Waals surface area contributed by atoms with E-state index in [0.717, 1.165) is 11.4 Å². The lowest BCUT2D eigenvalue weighted by atomic mass is 10.1. The Morgan fingerprint density at radius 1 is 1.14 bits per heavy atom. The van der Waals surface area contributed by atoms with E-state index in [2.05, 4.69) is 25.2 Å². The zero-order chi connectivity index (χ0) is 18.7. The lowest BCUT2D eigenvalue weighted by Gasteiger charge is -2.08. The van der Waals surface area contributed by atoms with Gasteiger partial charge in [0, 0.05) is 5.56 Å². The van der Waals surface area contributed by atoms with Gasteiger partial charge < -0.3 is 8.94 Å². The Morgan fingerprint density at radius 3 is 3.00 bits per heavy atom. The molecule has 28 heavy (non-hydrogen) atoms. The Morgan fingerprint density at radius 2 is 2.11 bits per heavy atom. The molecule has 1 aromatic carbocycles. The summed E-state index contributed by atoms with van der Waals surface area (Å²) in [4.78, 5) is 13.2. The Bertz CT molecular complexity index is 1320. The quantitative estimate of drug-likeness (QED) is 0.459. The third kappa shape index (κ3) is 2.08. The van der Waals surface area contributed by atoms with Crippen LogP contribution in [0.1, 0.15) is 5.69 Å². The van der Waals surface area contributed by atoms with E-state index in [0.29, 0.717) is 40.9 Å². The fraction of sp³-hybridized carbons (Fsp3) is 0.0556. The van der Waals surface area contributed by atoms with Gasteiger partial charge >= 0.3 is 0 Å². The second-order valence-electron chi connectivity index (χ2n) is 6.25. The predicted octanol–water partition coefficient (Wildman–Crippen LogP) is 2.94. The lowest BCUT2D eigenvalue weighted by molar-refractivity contribution is 0.431. The molecule has 0 saturated heterocycles. The van der Waals surface area contributed by atoms with Crippen molar-refractivity contribution in [1.82, 2.24) is 34.5 Å². The van der Waals surface area contributed by atoms with Crippen molar-refractivity contribution in [3.63, 3.8) is 0 Å². The number of furan rings is 1. The Kier molecular flexibility index (Phi) is 2.93. The zero-order valence-corrected chi connectivity index (χ0v) is 14.2. The minimum Gasteiger partial charge on any atom is -0.472 e. The van der Waals surface area contributed by atoms with E-state index in [1.165, 1.54) is 31.0 Å². The van der Waals surface area contributed by atoms with Gasteiger partial charge in [-0.15, -0.1) is 0 Å². The fourth-order valence-electron chi connectivity index (χ4n) is 3.37. The predicted molar refractivity (Wildman–Crippen MR) is 92.6 cm³/mol. The minimum atomic E-state index is -0.347. The summed E-state index contributed by atoms with van der Waals surface area (Å²) in [5.41, 5.74) is 3.41. The van der Waals surface area contributed by atoms with Crippen LogP contribution in [-0.4, -0.2) is 34.5 Å². The summed E-state index contributed by atoms with van der Waals surface area (Å²) >= 11 is 0. The molecule has 10 heteroatoms. The van der Waals surface area contributed by atoms with Gasteiger partial charge in [-0.1, -0.05) is 5.16 Å². The molecule has 0 fully saturated rings. The van der Waals surface area contributed by atoms with Gasteiger partial charge in [-0.05, 0) is 24.3 Å². The highest BCUT2D eigenvalue weighted by Gasteiger charge is 2.26. The molecule has 0 saturated carbocycles. The number of nitrogens with zero attached hydrogens (tertiary/aromatic N) is 7. The first kappa shape index (κ1) is 15.0. The molecule has 5 aromatic rings. The smallest absolute Gasteiger partial charge is 0.261 e. The number of benzene rings is 1. The number of fused-ring (bicyclic) bond motifs is 5. The van der Waals surface area contributed by atoms with Crippen molar-refractivity contribution in [3.8, 4) is 40.0 Å². The van der Waals surface area contributed by atoms with Crippen LogP contribution in [0.25, 0.3) is 40.0 Å². The third-order valence-corrected chi connectivity index (χ3v) is 4.65. The second-order valence-corrected chi connectivity index (χ2v) is 6.25. The number of hydrogen-bond acceptors (Lipinski definition) is 7. The summed E-state index contributed by atoms with van der Waals surface area (Å²) in [5.74, 6) is 0.913. The Balaban J connectivity index is 1.55. The van der Waals surface area contributed by atoms with Gasteiger partial charge in [-0.2, -0.15) is 10.1 Å². The summed E-state index contributed by atoms with van der Waals surface area (Å²) in [5, 5.41) is 8.33. The van der Waals surface area contributed by atoms with Gasteiger partial charge in [-0.3, -0.25) is 4.57 Å². The molecule has 5 heterocycles. The van der Waals surface area contributed by atoms with Gasteiger partial charge in [0.05, 0.1) is 29.8 Å². The molecule has 9 nitrogen and oxygen atoms in total. The van der Waals surface area contributed by atoms with Crippen LogP contribution in [0.5, 0.6) is 0 Å². The van der Waals surface area contributed by atoms with Crippen molar-refractivity contribution < 1.29 is 13.3 Å². The first-order valence-electron chi connectivity index (χ1n) is 8.39. The van der Waals surface area contributed by atoms with E-state index < -0.39 is 0 Å². The molecule has 0 radical (unpaired) electrons. The number of rotatable bonds is 2. The van der Waals surface area contributed by atoms with Crippen molar-refractivity contribution >= 4 is 0 Å². The molecule has 0 spiro atoms. The maximum Gasteiger partial charge on any atom is 0.261 e. The molecule has 1 aliphatic rings. The van der Waals surface area contributed by atoms with Crippen molar-refractivity contribution in [2.75, 3.05) is 0 Å². The highest BCUT2D eigenvalue weighted by atomic mass is 19.1. The van der Waals surface area contributed by atoms with Gasteiger partial charge in [0.2, 0.25) is 5.82 Å². The average Bonchev–Trinajstić information content (AvgIpc) is 3.48. The van der Waals surface area contributed by atoms with Crippen molar-refractivity contribution in [1.29, 1.82) is 0 Å². The monoisotopic (exact) mass is 375 g/mol. The molecule has 0 aliphatic carbocycles. The van der Waals surface area contributed by atoms with Gasteiger partial charge in [0.1, 0.15) is 30.4 Å². The summed E-state index contributed by atoms with van der Waals surface area (Å²) in [6.45, 7) is 0.372. The summed E-state index contributed by atoms with van der Waals surface area (Å²) < 4.78 is 27.8. The van der Waals surface area contributed by atoms with Crippen LogP contribution in [-0.2, 0) is 6.54 Å². The first-order valence-corrected chi connectivity index (χ1v) is 8.39. The molecule has 0 atom stereocenters. The van der Waals surface area contributed by atoms with Crippen LogP contribution in [0.2, 0.25) is 0 Å². The maximum atomic E-state index is 13.9.